The van der Waals surface area contributed by atoms with Gasteiger partial charge in [-0.05, 0) is 43.4 Å². The summed E-state index contributed by atoms with van der Waals surface area (Å²) in [6, 6.07) is 0. The number of carbonyl (C=O) groups excluding carboxylic acids is 1. The minimum Gasteiger partial charge on any atom is -0.300 e. The molecular weight excluding hydrogens is 148 g/mol. The molecule has 0 heterocycles. The van der Waals surface area contributed by atoms with Gasteiger partial charge in [-0.1, -0.05) is 13.8 Å². The van der Waals surface area contributed by atoms with Crippen LogP contribution in [0.25, 0.3) is 0 Å². The van der Waals surface area contributed by atoms with Gasteiger partial charge in [0, 0.05) is 5.92 Å². The molecule has 1 heteroatoms. The van der Waals surface area contributed by atoms with E-state index in [0.717, 1.165) is 11.8 Å². The van der Waals surface area contributed by atoms with E-state index in [-0.39, 0.29) is 0 Å². The molecule has 0 saturated heterocycles. The molecule has 2 fully saturated rings. The summed E-state index contributed by atoms with van der Waals surface area (Å²) in [7, 11) is 0. The first-order valence-corrected chi connectivity index (χ1v) is 5.04. The quantitative estimate of drug-likeness (QED) is 0.585. The topological polar surface area (TPSA) is 17.1 Å². The molecule has 3 atom stereocenters. The van der Waals surface area contributed by atoms with Crippen molar-refractivity contribution in [3.63, 3.8) is 0 Å². The van der Waals surface area contributed by atoms with Crippen molar-refractivity contribution in [1.82, 2.24) is 0 Å². The molecule has 2 aliphatic rings. The zero-order valence-corrected chi connectivity index (χ0v) is 8.26. The molecule has 0 aromatic carbocycles. The summed E-state index contributed by atoms with van der Waals surface area (Å²) in [5.74, 6) is 2.35. The van der Waals surface area contributed by atoms with Crippen molar-refractivity contribution < 1.29 is 4.79 Å². The van der Waals surface area contributed by atoms with Gasteiger partial charge in [-0.2, -0.15) is 0 Å². The molecule has 0 spiro atoms. The largest absolute Gasteiger partial charge is 0.300 e. The van der Waals surface area contributed by atoms with Crippen LogP contribution in [0.5, 0.6) is 0 Å². The molecule has 0 amide bonds. The predicted molar refractivity (Wildman–Crippen MR) is 48.8 cm³/mol. The summed E-state index contributed by atoms with van der Waals surface area (Å²) in [6.07, 6.45) is 3.98. The number of fused-ring (bicyclic) bond motifs is 2. The van der Waals surface area contributed by atoms with Gasteiger partial charge >= 0.3 is 0 Å². The Morgan fingerprint density at radius 3 is 2.33 bits per heavy atom. The molecule has 2 rings (SSSR count). The second-order valence-electron chi connectivity index (χ2n) is 5.18. The number of hydrogen-bond donors (Lipinski definition) is 0. The van der Waals surface area contributed by atoms with Crippen molar-refractivity contribution in [1.29, 1.82) is 0 Å². The van der Waals surface area contributed by atoms with E-state index in [1.54, 1.807) is 6.92 Å². The highest BCUT2D eigenvalue weighted by molar-refractivity contribution is 5.80. The van der Waals surface area contributed by atoms with Gasteiger partial charge in [-0.15, -0.1) is 0 Å². The zero-order chi connectivity index (χ0) is 8.93. The maximum Gasteiger partial charge on any atom is 0.133 e. The smallest absolute Gasteiger partial charge is 0.133 e. The number of hydrogen-bond acceptors (Lipinski definition) is 1. The van der Waals surface area contributed by atoms with Crippen molar-refractivity contribution in [3.8, 4) is 0 Å². The van der Waals surface area contributed by atoms with Crippen molar-refractivity contribution in [3.05, 3.63) is 0 Å². The van der Waals surface area contributed by atoms with Crippen LogP contribution in [0, 0.1) is 23.2 Å². The maximum absolute atomic E-state index is 11.5. The zero-order valence-electron chi connectivity index (χ0n) is 8.26. The lowest BCUT2D eigenvalue weighted by molar-refractivity contribution is -0.126. The van der Waals surface area contributed by atoms with Crippen LogP contribution < -0.4 is 0 Å². The number of rotatable bonds is 1. The third kappa shape index (κ3) is 0.884. The van der Waals surface area contributed by atoms with Gasteiger partial charge in [0.1, 0.15) is 5.78 Å². The van der Waals surface area contributed by atoms with E-state index in [4.69, 9.17) is 0 Å². The molecule has 2 saturated carbocycles. The highest BCUT2D eigenvalue weighted by atomic mass is 16.1. The lowest BCUT2D eigenvalue weighted by Gasteiger charge is -2.36. The summed E-state index contributed by atoms with van der Waals surface area (Å²) >= 11 is 0. The fourth-order valence-corrected chi connectivity index (χ4v) is 3.71. The van der Waals surface area contributed by atoms with Crippen LogP contribution in [0.4, 0.5) is 0 Å². The minimum atomic E-state index is 0.300. The third-order valence-electron chi connectivity index (χ3n) is 4.24. The average Bonchev–Trinajstić information content (AvgIpc) is 2.41. The minimum absolute atomic E-state index is 0.300. The normalized spacial score (nSPS) is 43.4. The van der Waals surface area contributed by atoms with E-state index in [1.807, 2.05) is 0 Å². The fraction of sp³-hybridized carbons (Fsp3) is 0.909. The molecule has 2 aliphatic carbocycles. The van der Waals surface area contributed by atoms with Gasteiger partial charge in [0.15, 0.2) is 0 Å². The summed E-state index contributed by atoms with van der Waals surface area (Å²) in [4.78, 5) is 11.5. The Balaban J connectivity index is 2.29. The summed E-state index contributed by atoms with van der Waals surface area (Å²) in [5.41, 5.74) is 0.300. The van der Waals surface area contributed by atoms with Gasteiger partial charge < -0.3 is 0 Å². The lowest BCUT2D eigenvalue weighted by atomic mass is 9.67. The van der Waals surface area contributed by atoms with Gasteiger partial charge in [0.25, 0.3) is 0 Å². The van der Waals surface area contributed by atoms with Crippen LogP contribution in [0.2, 0.25) is 0 Å². The van der Waals surface area contributed by atoms with Gasteiger partial charge in [0.2, 0.25) is 0 Å². The van der Waals surface area contributed by atoms with Crippen LogP contribution in [-0.4, -0.2) is 5.78 Å². The standard InChI is InChI=1S/C11H18O/c1-7(12)10-8-4-5-9(6-8)11(10,2)3/h8-10H,4-6H2,1-3H3/t8-,9+,10+/m1/s1. The average molecular weight is 166 g/mol. The molecule has 2 bridgehead atoms. The highest BCUT2D eigenvalue weighted by Crippen LogP contribution is 2.59. The van der Waals surface area contributed by atoms with Crippen molar-refractivity contribution in [2.45, 2.75) is 40.0 Å². The van der Waals surface area contributed by atoms with Crippen LogP contribution in [0.1, 0.15) is 40.0 Å². The maximum atomic E-state index is 11.5. The van der Waals surface area contributed by atoms with Gasteiger partial charge in [-0.25, -0.2) is 0 Å². The van der Waals surface area contributed by atoms with Gasteiger partial charge in [-0.3, -0.25) is 4.79 Å². The van der Waals surface area contributed by atoms with E-state index in [1.165, 1.54) is 19.3 Å². The molecule has 12 heavy (non-hydrogen) atoms. The first-order chi connectivity index (χ1) is 5.53. The summed E-state index contributed by atoms with van der Waals surface area (Å²) in [6.45, 7) is 6.33. The van der Waals surface area contributed by atoms with E-state index >= 15 is 0 Å². The third-order valence-corrected chi connectivity index (χ3v) is 4.24. The lowest BCUT2D eigenvalue weighted by Crippen LogP contribution is -2.35. The molecule has 0 unspecified atom stereocenters. The number of carbonyl (C=O) groups is 1. The molecule has 0 aliphatic heterocycles. The molecule has 0 N–H and O–H groups in total. The summed E-state index contributed by atoms with van der Waals surface area (Å²) in [5, 5.41) is 0. The Morgan fingerprint density at radius 2 is 2.00 bits per heavy atom. The van der Waals surface area contributed by atoms with Crippen LogP contribution >= 0.6 is 0 Å². The van der Waals surface area contributed by atoms with E-state index < -0.39 is 0 Å². The second kappa shape index (κ2) is 2.34. The van der Waals surface area contributed by atoms with Crippen LogP contribution in [0.3, 0.4) is 0 Å². The number of Topliss-reactive ketones (excluding diaryl/α,β-unsaturated/α-hetero) is 1. The molecule has 68 valence electrons. The monoisotopic (exact) mass is 166 g/mol. The first-order valence-electron chi connectivity index (χ1n) is 5.04. The Kier molecular flexibility index (Phi) is 1.61. The fourth-order valence-electron chi connectivity index (χ4n) is 3.71. The molecular formula is C11H18O. The Bertz CT molecular complexity index is 217. The molecule has 0 aromatic rings. The number of ketones is 1. The van der Waals surface area contributed by atoms with E-state index in [0.29, 0.717) is 17.1 Å². The molecule has 0 aromatic heterocycles. The van der Waals surface area contributed by atoms with E-state index in [2.05, 4.69) is 13.8 Å². The van der Waals surface area contributed by atoms with Crippen molar-refractivity contribution >= 4 is 5.78 Å². The van der Waals surface area contributed by atoms with Crippen LogP contribution in [0.15, 0.2) is 0 Å². The molecule has 1 nitrogen and oxygen atoms in total. The van der Waals surface area contributed by atoms with Crippen LogP contribution in [-0.2, 0) is 4.79 Å². The molecule has 0 radical (unpaired) electrons. The Hall–Kier alpha value is -0.330. The Morgan fingerprint density at radius 1 is 1.33 bits per heavy atom. The predicted octanol–water partition coefficient (Wildman–Crippen LogP) is 2.65. The highest BCUT2D eigenvalue weighted by Gasteiger charge is 2.54. The van der Waals surface area contributed by atoms with Gasteiger partial charge in [0.05, 0.1) is 0 Å². The van der Waals surface area contributed by atoms with Crippen molar-refractivity contribution in [2.75, 3.05) is 0 Å². The summed E-state index contributed by atoms with van der Waals surface area (Å²) < 4.78 is 0. The second-order valence-corrected chi connectivity index (χ2v) is 5.18. The van der Waals surface area contributed by atoms with E-state index in [9.17, 15) is 4.79 Å². The van der Waals surface area contributed by atoms with Crippen molar-refractivity contribution in [2.24, 2.45) is 23.2 Å². The first kappa shape index (κ1) is 8.28. The SMILES string of the molecule is CC(=O)[C@H]1[C@@H]2CC[C@@H](C2)C1(C)C. The Labute approximate surface area is 74.5 Å².